The molecule has 19 heteroatoms. The number of nitrogens with two attached hydrogens (primary N) is 2. The zero-order valence-electron chi connectivity index (χ0n) is 39.5. The van der Waals surface area contributed by atoms with Gasteiger partial charge in [0.1, 0.15) is 24.2 Å². The molecule has 0 radical (unpaired) electrons. The normalized spacial score (nSPS) is 23.4. The molecule has 3 saturated heterocycles. The van der Waals surface area contributed by atoms with E-state index in [0.717, 1.165) is 55.7 Å². The number of piperidine rings is 1. The number of fused-ring (bicyclic) bond motifs is 2. The molecule has 4 heterocycles. The van der Waals surface area contributed by atoms with Gasteiger partial charge in [0.2, 0.25) is 41.4 Å². The largest absolute Gasteiger partial charge is 0.481 e. The number of carbonyl (C=O) groups excluding carboxylic acids is 7. The van der Waals surface area contributed by atoms with Crippen molar-refractivity contribution in [3.63, 3.8) is 0 Å². The van der Waals surface area contributed by atoms with Crippen LogP contribution in [0.1, 0.15) is 126 Å². The van der Waals surface area contributed by atoms with Crippen LogP contribution in [0, 0.1) is 11.8 Å². The van der Waals surface area contributed by atoms with E-state index in [0.29, 0.717) is 49.6 Å². The minimum absolute atomic E-state index is 0.00574. The van der Waals surface area contributed by atoms with Gasteiger partial charge in [-0.15, -0.1) is 0 Å². The Bertz CT molecular complexity index is 2430. The maximum absolute atomic E-state index is 13.9. The van der Waals surface area contributed by atoms with Gasteiger partial charge in [-0.25, -0.2) is 4.79 Å². The van der Waals surface area contributed by atoms with Crippen molar-refractivity contribution in [2.24, 2.45) is 30.4 Å². The van der Waals surface area contributed by atoms with E-state index in [1.807, 2.05) is 42.5 Å². The van der Waals surface area contributed by atoms with Gasteiger partial charge < -0.3 is 37.0 Å². The first-order valence-electron chi connectivity index (χ1n) is 23.8. The third-order valence-electron chi connectivity index (χ3n) is 13.9. The molecule has 68 heavy (non-hydrogen) atoms. The minimum atomic E-state index is -1.04. The van der Waals surface area contributed by atoms with Crippen LogP contribution in [0.3, 0.4) is 0 Å². The Morgan fingerprint density at radius 3 is 2.18 bits per heavy atom. The molecule has 7 amide bonds. The number of imidazole rings is 1. The molecule has 3 aromatic rings. The molecule has 1 aliphatic carbocycles. The molecule has 368 valence electrons. The highest BCUT2D eigenvalue weighted by Crippen LogP contribution is 2.35. The highest BCUT2D eigenvalue weighted by atomic mass is 16.4. The number of carboxylic acid groups (broad SMARTS) is 1. The average molecular weight is 942 g/mol. The fraction of sp³-hybridized carbons (Fsp3) is 0.571. The van der Waals surface area contributed by atoms with Crippen molar-refractivity contribution in [1.29, 1.82) is 0 Å². The SMILES string of the molecule is CC(=O)O.CC(C)c1ccc(CNC(=O)[C@H](CCC(N)=O)NC(=O)[C@@H]2CC[C@@H]3CCN(C(=O)CC4CCC(Cc5ccc6c(c5)n(C)c(=O)n6C5CCC(=O)NC5=O)CC4)C[C@H](N)C(=O)N32)cc1. The van der Waals surface area contributed by atoms with Crippen molar-refractivity contribution >= 4 is 58.4 Å². The van der Waals surface area contributed by atoms with Gasteiger partial charge in [-0.05, 0) is 111 Å². The summed E-state index contributed by atoms with van der Waals surface area (Å²) >= 11 is 0. The number of aromatic nitrogens is 2. The summed E-state index contributed by atoms with van der Waals surface area (Å²) in [6, 6.07) is 9.86. The van der Waals surface area contributed by atoms with Gasteiger partial charge in [-0.2, -0.15) is 0 Å². The molecule has 7 rings (SSSR count). The molecule has 1 aromatic heterocycles. The maximum atomic E-state index is 13.9. The van der Waals surface area contributed by atoms with Gasteiger partial charge in [0.05, 0.1) is 11.0 Å². The molecule has 1 unspecified atom stereocenters. The van der Waals surface area contributed by atoms with E-state index in [1.54, 1.807) is 21.4 Å². The molecule has 4 aliphatic rings. The number of hydrogen-bond acceptors (Lipinski definition) is 10. The number of nitrogens with one attached hydrogen (secondary N) is 3. The molecule has 8 N–H and O–H groups in total. The second-order valence-corrected chi connectivity index (χ2v) is 19.2. The first-order valence-corrected chi connectivity index (χ1v) is 23.8. The Labute approximate surface area is 395 Å². The standard InChI is InChI=1S/C47H63N9O8.C2H4O2/c1-27(2)32-11-8-30(9-12-32)25-50-43(60)35(14-18-40(49)57)51-44(61)37-16-13-33-20-21-54(26-34(48)46(63)55(33)37)42(59)24-29-6-4-28(5-7-29)22-31-10-15-36-39(23-31)53(3)47(64)56(36)38-17-19-41(58)52-45(38)62;1-2(3)4/h8-12,15,23,27-29,33-35,37-38H,4-7,13-14,16-22,24-26,48H2,1-3H3,(H2,49,57)(H,50,60)(H,51,61)(H,52,58,62);1H3,(H,3,4)/t28?,29?,33-,34+,35+,37+,38?;/m1./s1. The number of carbonyl (C=O) groups is 8. The van der Waals surface area contributed by atoms with Crippen molar-refractivity contribution in [2.75, 3.05) is 13.1 Å². The lowest BCUT2D eigenvalue weighted by molar-refractivity contribution is -0.145. The van der Waals surface area contributed by atoms with E-state index >= 15 is 0 Å². The lowest BCUT2D eigenvalue weighted by Gasteiger charge is -2.38. The van der Waals surface area contributed by atoms with Crippen LogP contribution in [-0.4, -0.2) is 109 Å². The number of benzene rings is 2. The van der Waals surface area contributed by atoms with Crippen LogP contribution in [0.2, 0.25) is 0 Å². The first kappa shape index (κ1) is 51.0. The maximum Gasteiger partial charge on any atom is 0.329 e. The van der Waals surface area contributed by atoms with Crippen LogP contribution < -0.4 is 33.1 Å². The summed E-state index contributed by atoms with van der Waals surface area (Å²) in [6.07, 6.45) is 6.63. The van der Waals surface area contributed by atoms with Crippen molar-refractivity contribution < 1.29 is 43.5 Å². The zero-order valence-corrected chi connectivity index (χ0v) is 39.5. The molecular formula is C49H67N9O10. The van der Waals surface area contributed by atoms with Gasteiger partial charge in [0.15, 0.2) is 0 Å². The summed E-state index contributed by atoms with van der Waals surface area (Å²) in [5.41, 5.74) is 16.2. The van der Waals surface area contributed by atoms with E-state index in [9.17, 15) is 38.4 Å². The Kier molecular flexibility index (Phi) is 17.0. The van der Waals surface area contributed by atoms with Crippen LogP contribution in [0.15, 0.2) is 47.3 Å². The summed E-state index contributed by atoms with van der Waals surface area (Å²) < 4.78 is 3.04. The molecule has 2 aromatic carbocycles. The second-order valence-electron chi connectivity index (χ2n) is 19.2. The van der Waals surface area contributed by atoms with Crippen LogP contribution in [0.25, 0.3) is 11.0 Å². The molecule has 1 saturated carbocycles. The number of nitrogens with zero attached hydrogens (tertiary/aromatic N) is 4. The lowest BCUT2D eigenvalue weighted by atomic mass is 9.78. The van der Waals surface area contributed by atoms with Gasteiger partial charge in [0, 0.05) is 58.9 Å². The molecular weight excluding hydrogens is 875 g/mol. The van der Waals surface area contributed by atoms with Gasteiger partial charge in [0.25, 0.3) is 5.97 Å². The predicted molar refractivity (Wildman–Crippen MR) is 251 cm³/mol. The van der Waals surface area contributed by atoms with Gasteiger partial charge in [-0.3, -0.25) is 52.8 Å². The molecule has 19 nitrogen and oxygen atoms in total. The van der Waals surface area contributed by atoms with Crippen molar-refractivity contribution in [1.82, 2.24) is 34.9 Å². The third-order valence-corrected chi connectivity index (χ3v) is 13.9. The number of aliphatic carboxylic acids is 1. The Morgan fingerprint density at radius 1 is 0.868 bits per heavy atom. The Balaban J connectivity index is 0.00000183. The number of rotatable bonds is 14. The topological polar surface area (TPSA) is 278 Å². The van der Waals surface area contributed by atoms with Crippen LogP contribution in [0.5, 0.6) is 0 Å². The average Bonchev–Trinajstić information content (AvgIpc) is 3.82. The highest BCUT2D eigenvalue weighted by molar-refractivity contribution is 6.00. The molecule has 0 spiro atoms. The zero-order chi connectivity index (χ0) is 49.4. The first-order chi connectivity index (χ1) is 32.3. The fourth-order valence-corrected chi connectivity index (χ4v) is 10.2. The van der Waals surface area contributed by atoms with Crippen molar-refractivity contribution in [3.8, 4) is 0 Å². The smallest absolute Gasteiger partial charge is 0.329 e. The lowest BCUT2D eigenvalue weighted by Crippen LogP contribution is -2.60. The van der Waals surface area contributed by atoms with E-state index in [2.05, 4.69) is 29.8 Å². The van der Waals surface area contributed by atoms with E-state index in [1.165, 1.54) is 10.1 Å². The van der Waals surface area contributed by atoms with Crippen molar-refractivity contribution in [3.05, 3.63) is 69.6 Å². The number of imide groups is 1. The van der Waals surface area contributed by atoms with Gasteiger partial charge in [-0.1, -0.05) is 44.2 Å². The summed E-state index contributed by atoms with van der Waals surface area (Å²) in [4.78, 5) is 116. The van der Waals surface area contributed by atoms with E-state index in [4.69, 9.17) is 21.4 Å². The minimum Gasteiger partial charge on any atom is -0.481 e. The van der Waals surface area contributed by atoms with E-state index in [-0.39, 0.29) is 68.2 Å². The quantitative estimate of drug-likeness (QED) is 0.128. The summed E-state index contributed by atoms with van der Waals surface area (Å²) in [7, 11) is 1.69. The highest BCUT2D eigenvalue weighted by Gasteiger charge is 2.45. The predicted octanol–water partition coefficient (Wildman–Crippen LogP) is 2.26. The molecule has 3 aliphatic heterocycles. The van der Waals surface area contributed by atoms with Crippen molar-refractivity contribution in [2.45, 2.75) is 147 Å². The fourth-order valence-electron chi connectivity index (χ4n) is 10.2. The number of hydrogen-bond donors (Lipinski definition) is 6. The van der Waals surface area contributed by atoms with Crippen LogP contribution in [-0.2, 0) is 58.4 Å². The Hall–Kier alpha value is -6.37. The number of carboxylic acids is 1. The Morgan fingerprint density at radius 2 is 1.53 bits per heavy atom. The number of aryl methyl sites for hydroxylation is 1. The third kappa shape index (κ3) is 12.6. The summed E-state index contributed by atoms with van der Waals surface area (Å²) in [5.74, 6) is -2.63. The van der Waals surface area contributed by atoms with Crippen LogP contribution >= 0.6 is 0 Å². The molecule has 0 bridgehead atoms. The summed E-state index contributed by atoms with van der Waals surface area (Å²) in [6.45, 7) is 5.97. The molecule has 4 fully saturated rings. The van der Waals surface area contributed by atoms with Gasteiger partial charge >= 0.3 is 5.69 Å². The monoisotopic (exact) mass is 942 g/mol. The second kappa shape index (κ2) is 22.6. The number of amides is 7. The summed E-state index contributed by atoms with van der Waals surface area (Å²) in [5, 5.41) is 15.4. The van der Waals surface area contributed by atoms with E-state index < -0.39 is 59.7 Å². The molecule has 5 atom stereocenters. The van der Waals surface area contributed by atoms with Crippen LogP contribution in [0.4, 0.5) is 0 Å². The number of primary amides is 1.